The molecule has 0 aliphatic heterocycles. The molecule has 0 fully saturated rings. The Morgan fingerprint density at radius 3 is 2.46 bits per heavy atom. The standard InChI is InChI=1S/C18H15F3O3/c1-23-16-8-5-13(6-9-16)7-10-17(22)24-12-14-3-2-4-15(11-14)18(19,20)21/h2-11H,12H2,1H3. The van der Waals surface area contributed by atoms with Crippen LogP contribution in [0.1, 0.15) is 16.7 Å². The molecule has 3 nitrogen and oxygen atoms in total. The molecule has 0 heterocycles. The minimum Gasteiger partial charge on any atom is -0.497 e. The maximum atomic E-state index is 12.6. The van der Waals surface area contributed by atoms with Gasteiger partial charge < -0.3 is 9.47 Å². The second-order valence-corrected chi connectivity index (χ2v) is 4.91. The monoisotopic (exact) mass is 336 g/mol. The third kappa shape index (κ3) is 5.15. The number of carbonyl (C=O) groups excluding carboxylic acids is 1. The summed E-state index contributed by atoms with van der Waals surface area (Å²) in [6, 6.07) is 11.7. The second-order valence-electron chi connectivity index (χ2n) is 4.91. The summed E-state index contributed by atoms with van der Waals surface area (Å²) in [5, 5.41) is 0. The SMILES string of the molecule is COc1ccc(C=CC(=O)OCc2cccc(C(F)(F)F)c2)cc1. The van der Waals surface area contributed by atoms with Crippen LogP contribution in [0.15, 0.2) is 54.6 Å². The Kier molecular flexibility index (Phi) is 5.63. The van der Waals surface area contributed by atoms with Gasteiger partial charge in [0.05, 0.1) is 12.7 Å². The molecule has 0 amide bonds. The van der Waals surface area contributed by atoms with E-state index >= 15 is 0 Å². The van der Waals surface area contributed by atoms with Crippen molar-refractivity contribution in [3.8, 4) is 5.75 Å². The first-order chi connectivity index (χ1) is 11.4. The number of alkyl halides is 3. The lowest BCUT2D eigenvalue weighted by atomic mass is 10.1. The average Bonchev–Trinajstić information content (AvgIpc) is 2.58. The van der Waals surface area contributed by atoms with Gasteiger partial charge in [-0.2, -0.15) is 13.2 Å². The van der Waals surface area contributed by atoms with Crippen LogP contribution in [0.3, 0.4) is 0 Å². The highest BCUT2D eigenvalue weighted by Gasteiger charge is 2.30. The minimum atomic E-state index is -4.42. The van der Waals surface area contributed by atoms with E-state index in [2.05, 4.69) is 0 Å². The van der Waals surface area contributed by atoms with Crippen molar-refractivity contribution < 1.29 is 27.4 Å². The van der Waals surface area contributed by atoms with Gasteiger partial charge in [-0.25, -0.2) is 4.79 Å². The molecule has 0 N–H and O–H groups in total. The van der Waals surface area contributed by atoms with Crippen LogP contribution in [-0.4, -0.2) is 13.1 Å². The molecule has 0 aromatic heterocycles. The van der Waals surface area contributed by atoms with Crippen LogP contribution in [0.25, 0.3) is 6.08 Å². The van der Waals surface area contributed by atoms with E-state index in [9.17, 15) is 18.0 Å². The molecule has 2 rings (SSSR count). The predicted octanol–water partition coefficient (Wildman–Crippen LogP) is 4.47. The highest BCUT2D eigenvalue weighted by Crippen LogP contribution is 2.29. The van der Waals surface area contributed by atoms with E-state index in [0.29, 0.717) is 5.75 Å². The van der Waals surface area contributed by atoms with Gasteiger partial charge in [-0.1, -0.05) is 24.3 Å². The predicted molar refractivity (Wildman–Crippen MR) is 83.3 cm³/mol. The van der Waals surface area contributed by atoms with Gasteiger partial charge in [-0.3, -0.25) is 0 Å². The number of hydrogen-bond donors (Lipinski definition) is 0. The number of esters is 1. The number of carbonyl (C=O) groups is 1. The van der Waals surface area contributed by atoms with Crippen LogP contribution in [-0.2, 0) is 22.3 Å². The van der Waals surface area contributed by atoms with E-state index in [1.54, 1.807) is 37.5 Å². The molecular weight excluding hydrogens is 321 g/mol. The number of benzene rings is 2. The number of ether oxygens (including phenoxy) is 2. The maximum absolute atomic E-state index is 12.6. The first-order valence-corrected chi connectivity index (χ1v) is 7.03. The average molecular weight is 336 g/mol. The molecule has 0 saturated heterocycles. The highest BCUT2D eigenvalue weighted by atomic mass is 19.4. The Bertz CT molecular complexity index is 719. The zero-order valence-corrected chi connectivity index (χ0v) is 12.8. The lowest BCUT2D eigenvalue weighted by Crippen LogP contribution is -2.06. The van der Waals surface area contributed by atoms with Gasteiger partial charge in [0.2, 0.25) is 0 Å². The van der Waals surface area contributed by atoms with Crippen molar-refractivity contribution in [2.45, 2.75) is 12.8 Å². The van der Waals surface area contributed by atoms with Crippen LogP contribution in [0.2, 0.25) is 0 Å². The van der Waals surface area contributed by atoms with Crippen LogP contribution >= 0.6 is 0 Å². The van der Waals surface area contributed by atoms with Crippen LogP contribution in [0.4, 0.5) is 13.2 Å². The fourth-order valence-electron chi connectivity index (χ4n) is 1.92. The fourth-order valence-corrected chi connectivity index (χ4v) is 1.92. The van der Waals surface area contributed by atoms with E-state index in [4.69, 9.17) is 9.47 Å². The smallest absolute Gasteiger partial charge is 0.416 e. The van der Waals surface area contributed by atoms with E-state index in [-0.39, 0.29) is 12.2 Å². The lowest BCUT2D eigenvalue weighted by Gasteiger charge is -2.08. The molecule has 0 aliphatic rings. The lowest BCUT2D eigenvalue weighted by molar-refractivity contribution is -0.138. The molecule has 2 aromatic carbocycles. The topological polar surface area (TPSA) is 35.5 Å². The summed E-state index contributed by atoms with van der Waals surface area (Å²) in [6.07, 6.45) is -1.66. The molecule has 24 heavy (non-hydrogen) atoms. The van der Waals surface area contributed by atoms with Gasteiger partial charge >= 0.3 is 12.1 Å². The summed E-state index contributed by atoms with van der Waals surface area (Å²) in [4.78, 5) is 11.6. The Morgan fingerprint density at radius 2 is 1.83 bits per heavy atom. The molecule has 0 aliphatic carbocycles. The highest BCUT2D eigenvalue weighted by molar-refractivity contribution is 5.87. The molecule has 0 radical (unpaired) electrons. The molecule has 0 atom stereocenters. The van der Waals surface area contributed by atoms with E-state index in [1.807, 2.05) is 0 Å². The van der Waals surface area contributed by atoms with Gasteiger partial charge in [-0.05, 0) is 41.5 Å². The third-order valence-electron chi connectivity index (χ3n) is 3.16. The van der Waals surface area contributed by atoms with Crippen molar-refractivity contribution in [3.05, 3.63) is 71.3 Å². The maximum Gasteiger partial charge on any atom is 0.416 e. The van der Waals surface area contributed by atoms with Crippen LogP contribution < -0.4 is 4.74 Å². The molecular formula is C18H15F3O3. The molecule has 0 spiro atoms. The van der Waals surface area contributed by atoms with Gasteiger partial charge in [0, 0.05) is 6.08 Å². The first-order valence-electron chi connectivity index (χ1n) is 7.03. The van der Waals surface area contributed by atoms with Crippen LogP contribution in [0.5, 0.6) is 5.75 Å². The first kappa shape index (κ1) is 17.6. The van der Waals surface area contributed by atoms with Crippen molar-refractivity contribution in [2.24, 2.45) is 0 Å². The van der Waals surface area contributed by atoms with Crippen molar-refractivity contribution in [1.82, 2.24) is 0 Å². The summed E-state index contributed by atoms with van der Waals surface area (Å²) < 4.78 is 47.8. The van der Waals surface area contributed by atoms with Gasteiger partial charge in [0.15, 0.2) is 0 Å². The molecule has 0 unspecified atom stereocenters. The Hall–Kier alpha value is -2.76. The van der Waals surface area contributed by atoms with Gasteiger partial charge in [-0.15, -0.1) is 0 Å². The summed E-state index contributed by atoms with van der Waals surface area (Å²) in [7, 11) is 1.55. The number of methoxy groups -OCH3 is 1. The summed E-state index contributed by atoms with van der Waals surface area (Å²) in [6.45, 7) is -0.226. The summed E-state index contributed by atoms with van der Waals surface area (Å²) >= 11 is 0. The van der Waals surface area contributed by atoms with E-state index in [1.165, 1.54) is 18.2 Å². The van der Waals surface area contributed by atoms with Crippen molar-refractivity contribution in [1.29, 1.82) is 0 Å². The number of rotatable bonds is 5. The van der Waals surface area contributed by atoms with Crippen LogP contribution in [0, 0.1) is 0 Å². The van der Waals surface area contributed by atoms with Gasteiger partial charge in [0.25, 0.3) is 0 Å². The Labute approximate surface area is 137 Å². The van der Waals surface area contributed by atoms with Crippen molar-refractivity contribution in [2.75, 3.05) is 7.11 Å². The van der Waals surface area contributed by atoms with Crippen molar-refractivity contribution in [3.63, 3.8) is 0 Å². The second kappa shape index (κ2) is 7.68. The van der Waals surface area contributed by atoms with Gasteiger partial charge in [0.1, 0.15) is 12.4 Å². The molecule has 0 bridgehead atoms. The molecule has 2 aromatic rings. The molecule has 0 saturated carbocycles. The normalized spacial score (nSPS) is 11.5. The molecule has 6 heteroatoms. The largest absolute Gasteiger partial charge is 0.497 e. The van der Waals surface area contributed by atoms with E-state index < -0.39 is 17.7 Å². The zero-order chi connectivity index (χ0) is 17.6. The number of hydrogen-bond acceptors (Lipinski definition) is 3. The zero-order valence-electron chi connectivity index (χ0n) is 12.8. The summed E-state index contributed by atoms with van der Waals surface area (Å²) in [5.74, 6) is 0.0579. The summed E-state index contributed by atoms with van der Waals surface area (Å²) in [5.41, 5.74) is 0.271. The third-order valence-corrected chi connectivity index (χ3v) is 3.16. The Morgan fingerprint density at radius 1 is 1.12 bits per heavy atom. The molecule has 126 valence electrons. The fraction of sp³-hybridized carbons (Fsp3) is 0.167. The quantitative estimate of drug-likeness (QED) is 0.597. The van der Waals surface area contributed by atoms with E-state index in [0.717, 1.165) is 17.7 Å². The van der Waals surface area contributed by atoms with Crippen molar-refractivity contribution >= 4 is 12.0 Å². The minimum absolute atomic E-state index is 0.226. The number of halogens is 3. The Balaban J connectivity index is 1.92.